The summed E-state index contributed by atoms with van der Waals surface area (Å²) in [5, 5.41) is 0.0869. The van der Waals surface area contributed by atoms with E-state index in [-0.39, 0.29) is 29.0 Å². The molecule has 3 atom stereocenters. The maximum absolute atomic E-state index is 13.6. The summed E-state index contributed by atoms with van der Waals surface area (Å²) >= 11 is 0. The third kappa shape index (κ3) is 6.73. The Hall–Kier alpha value is -1.13. The van der Waals surface area contributed by atoms with E-state index in [0.717, 1.165) is 31.3 Å². The first-order valence-corrected chi connectivity index (χ1v) is 13.7. The summed E-state index contributed by atoms with van der Waals surface area (Å²) in [6, 6.07) is 0.0201. The van der Waals surface area contributed by atoms with E-state index in [9.17, 15) is 4.79 Å². The molecule has 1 aliphatic heterocycles. The molecule has 0 radical (unpaired) electrons. The lowest BCUT2D eigenvalue weighted by molar-refractivity contribution is -0.140. The van der Waals surface area contributed by atoms with Crippen LogP contribution in [0, 0.1) is 5.92 Å². The standard InChI is InChI=1S/C24H43NO2Si/c1-10-16-19(2)22-20(3)17-14-12-11-13-15-18-21(23(26)25(22)7)27-28(8,9)24(4,5)6/h10,14,16-17,20-22H,1,11-13,15,18H2,2-9H3/b17-14-,19-16+. The van der Waals surface area contributed by atoms with Crippen LogP contribution < -0.4 is 0 Å². The molecule has 1 amide bonds. The fourth-order valence-corrected chi connectivity index (χ4v) is 4.96. The monoisotopic (exact) mass is 405 g/mol. The van der Waals surface area contributed by atoms with Crippen molar-refractivity contribution in [2.24, 2.45) is 5.92 Å². The highest BCUT2D eigenvalue weighted by Gasteiger charge is 2.42. The average molecular weight is 406 g/mol. The van der Waals surface area contributed by atoms with Gasteiger partial charge in [0, 0.05) is 7.05 Å². The second-order valence-corrected chi connectivity index (χ2v) is 14.6. The lowest BCUT2D eigenvalue weighted by atomic mass is 9.91. The SMILES string of the molecule is C=C/C=C(\C)C1C(C)/C=C\CCCCCC(O[Si](C)(C)C(C)(C)C)C(=O)N1C. The van der Waals surface area contributed by atoms with Crippen LogP contribution in [0.3, 0.4) is 0 Å². The highest BCUT2D eigenvalue weighted by atomic mass is 28.4. The van der Waals surface area contributed by atoms with Gasteiger partial charge in [0.05, 0.1) is 6.04 Å². The molecule has 160 valence electrons. The van der Waals surface area contributed by atoms with E-state index in [1.165, 1.54) is 6.42 Å². The number of amides is 1. The lowest BCUT2D eigenvalue weighted by Gasteiger charge is -2.41. The summed E-state index contributed by atoms with van der Waals surface area (Å²) in [5.74, 6) is 0.366. The van der Waals surface area contributed by atoms with E-state index < -0.39 is 8.32 Å². The van der Waals surface area contributed by atoms with Crippen LogP contribution in [-0.2, 0) is 9.22 Å². The molecule has 0 fully saturated rings. The van der Waals surface area contributed by atoms with Crippen molar-refractivity contribution >= 4 is 14.2 Å². The maximum Gasteiger partial charge on any atom is 0.250 e. The van der Waals surface area contributed by atoms with Crippen molar-refractivity contribution in [2.45, 2.75) is 97.0 Å². The molecule has 0 aromatic carbocycles. The summed E-state index contributed by atoms with van der Waals surface area (Å²) in [7, 11) is -0.0917. The van der Waals surface area contributed by atoms with Crippen LogP contribution in [0.4, 0.5) is 0 Å². The second-order valence-electron chi connectivity index (χ2n) is 9.83. The topological polar surface area (TPSA) is 29.5 Å². The molecule has 0 N–H and O–H groups in total. The Balaban J connectivity index is 3.25. The van der Waals surface area contributed by atoms with Gasteiger partial charge in [0.15, 0.2) is 8.32 Å². The fraction of sp³-hybridized carbons (Fsp3) is 0.708. The summed E-state index contributed by atoms with van der Waals surface area (Å²) in [6.45, 7) is 19.3. The first kappa shape index (κ1) is 24.9. The number of rotatable bonds is 4. The molecule has 0 aromatic heterocycles. The van der Waals surface area contributed by atoms with Crippen LogP contribution in [0.25, 0.3) is 0 Å². The average Bonchev–Trinajstić information content (AvgIpc) is 2.57. The van der Waals surface area contributed by atoms with Crippen molar-refractivity contribution in [3.8, 4) is 0 Å². The minimum atomic E-state index is -2.03. The fourth-order valence-electron chi connectivity index (χ4n) is 3.67. The zero-order valence-corrected chi connectivity index (χ0v) is 20.5. The van der Waals surface area contributed by atoms with Gasteiger partial charge < -0.3 is 9.33 Å². The van der Waals surface area contributed by atoms with Crippen molar-refractivity contribution in [1.29, 1.82) is 0 Å². The minimum absolute atomic E-state index is 0.0201. The largest absolute Gasteiger partial charge is 0.405 e. The molecule has 0 spiro atoms. The molecule has 0 bridgehead atoms. The van der Waals surface area contributed by atoms with Crippen molar-refractivity contribution < 1.29 is 9.22 Å². The molecular formula is C24H43NO2Si. The van der Waals surface area contributed by atoms with E-state index in [0.29, 0.717) is 0 Å². The molecule has 3 unspecified atom stereocenters. The van der Waals surface area contributed by atoms with Crippen LogP contribution in [0.1, 0.15) is 66.7 Å². The number of hydrogen-bond acceptors (Lipinski definition) is 2. The van der Waals surface area contributed by atoms with Crippen LogP contribution in [0.5, 0.6) is 0 Å². The van der Waals surface area contributed by atoms with Crippen molar-refractivity contribution in [3.05, 3.63) is 36.5 Å². The van der Waals surface area contributed by atoms with E-state index in [1.807, 2.05) is 24.1 Å². The smallest absolute Gasteiger partial charge is 0.250 e. The van der Waals surface area contributed by atoms with Gasteiger partial charge in [0.1, 0.15) is 6.10 Å². The van der Waals surface area contributed by atoms with Crippen LogP contribution >= 0.6 is 0 Å². The normalized spacial score (nSPS) is 27.7. The molecule has 0 saturated heterocycles. The zero-order chi connectivity index (χ0) is 21.5. The Labute approximate surface area is 175 Å². The predicted molar refractivity (Wildman–Crippen MR) is 124 cm³/mol. The van der Waals surface area contributed by atoms with Gasteiger partial charge in [0.2, 0.25) is 0 Å². The summed E-state index contributed by atoms with van der Waals surface area (Å²) in [6.07, 6.45) is 13.3. The number of carbonyl (C=O) groups excluding carboxylic acids is 1. The molecule has 0 aliphatic carbocycles. The molecule has 28 heavy (non-hydrogen) atoms. The van der Waals surface area contributed by atoms with Crippen molar-refractivity contribution in [2.75, 3.05) is 7.05 Å². The van der Waals surface area contributed by atoms with Gasteiger partial charge in [-0.3, -0.25) is 4.79 Å². The Morgan fingerprint density at radius 2 is 1.93 bits per heavy atom. The van der Waals surface area contributed by atoms with E-state index in [1.54, 1.807) is 0 Å². The molecular weight excluding hydrogens is 362 g/mol. The third-order valence-electron chi connectivity index (χ3n) is 6.41. The molecule has 1 aliphatic rings. The Morgan fingerprint density at radius 3 is 2.50 bits per heavy atom. The first-order valence-electron chi connectivity index (χ1n) is 10.8. The molecule has 4 heteroatoms. The van der Waals surface area contributed by atoms with Gasteiger partial charge in [-0.2, -0.15) is 0 Å². The van der Waals surface area contributed by atoms with Gasteiger partial charge >= 0.3 is 0 Å². The minimum Gasteiger partial charge on any atom is -0.405 e. The summed E-state index contributed by atoms with van der Waals surface area (Å²) in [4.78, 5) is 15.5. The summed E-state index contributed by atoms with van der Waals surface area (Å²) < 4.78 is 6.64. The maximum atomic E-state index is 13.6. The van der Waals surface area contributed by atoms with Crippen LogP contribution in [-0.4, -0.2) is 38.3 Å². The molecule has 0 saturated carbocycles. The van der Waals surface area contributed by atoms with E-state index in [4.69, 9.17) is 4.43 Å². The first-order chi connectivity index (χ1) is 12.9. The number of allylic oxidation sites excluding steroid dienone is 3. The predicted octanol–water partition coefficient (Wildman–Crippen LogP) is 6.49. The number of nitrogens with zero attached hydrogens (tertiary/aromatic N) is 1. The van der Waals surface area contributed by atoms with Gasteiger partial charge in [-0.15, -0.1) is 0 Å². The highest BCUT2D eigenvalue weighted by molar-refractivity contribution is 6.74. The molecule has 1 rings (SSSR count). The van der Waals surface area contributed by atoms with Crippen LogP contribution in [0.15, 0.2) is 36.5 Å². The van der Waals surface area contributed by atoms with Crippen molar-refractivity contribution in [3.63, 3.8) is 0 Å². The van der Waals surface area contributed by atoms with Gasteiger partial charge in [0.25, 0.3) is 5.91 Å². The molecule has 0 aromatic rings. The number of likely N-dealkylation sites (N-methyl/N-ethyl adjacent to an activating group) is 1. The molecule has 3 nitrogen and oxygen atoms in total. The second kappa shape index (κ2) is 10.6. The third-order valence-corrected chi connectivity index (χ3v) is 10.9. The Morgan fingerprint density at radius 1 is 1.29 bits per heavy atom. The van der Waals surface area contributed by atoms with Gasteiger partial charge in [-0.1, -0.05) is 77.0 Å². The number of hydrogen-bond donors (Lipinski definition) is 0. The quantitative estimate of drug-likeness (QED) is 0.304. The van der Waals surface area contributed by atoms with Gasteiger partial charge in [-0.25, -0.2) is 0 Å². The van der Waals surface area contributed by atoms with Crippen molar-refractivity contribution in [1.82, 2.24) is 4.90 Å². The Kier molecular flexibility index (Phi) is 9.42. The Bertz CT molecular complexity index is 586. The lowest BCUT2D eigenvalue weighted by Crippen LogP contribution is -2.52. The summed E-state index contributed by atoms with van der Waals surface area (Å²) in [5.41, 5.74) is 1.16. The zero-order valence-electron chi connectivity index (χ0n) is 19.5. The number of carbonyl (C=O) groups is 1. The van der Waals surface area contributed by atoms with Crippen LogP contribution in [0.2, 0.25) is 18.1 Å². The highest BCUT2D eigenvalue weighted by Crippen LogP contribution is 2.38. The van der Waals surface area contributed by atoms with Gasteiger partial charge in [-0.05, 0) is 50.2 Å². The van der Waals surface area contributed by atoms with E-state index in [2.05, 4.69) is 66.4 Å². The van der Waals surface area contributed by atoms with E-state index >= 15 is 0 Å². The molecule has 1 heterocycles.